The fraction of sp³-hybridized carbons (Fsp3) is 1.00. The largest absolute Gasteiger partial charge is 0.388 e. The summed E-state index contributed by atoms with van der Waals surface area (Å²) < 4.78 is 28.4. The van der Waals surface area contributed by atoms with Crippen LogP contribution in [-0.4, -0.2) is 65.3 Å². The third-order valence-corrected chi connectivity index (χ3v) is 6.46. The van der Waals surface area contributed by atoms with Crippen LogP contribution in [0.15, 0.2) is 0 Å². The maximum atomic E-state index is 12.3. The number of aliphatic hydroxyl groups excluding tert-OH is 1. The van der Waals surface area contributed by atoms with Gasteiger partial charge in [0.05, 0.1) is 17.7 Å². The number of methoxy groups -OCH3 is 1. The molecule has 1 unspecified atom stereocenters. The van der Waals surface area contributed by atoms with E-state index in [4.69, 9.17) is 14.0 Å². The second-order valence-electron chi connectivity index (χ2n) is 6.72. The van der Waals surface area contributed by atoms with Crippen LogP contribution in [0.25, 0.3) is 0 Å². The second kappa shape index (κ2) is 6.89. The van der Waals surface area contributed by atoms with Crippen molar-refractivity contribution >= 4 is 15.4 Å². The standard InChI is InChI=1S/C13H28BO7P/c1-6-13(4,16)22(17,18)21-12(2,3)7-8-9(15)10(19-5)11(14)20-8/h8-11,15-16H,6-7,14H2,1-5H3,(H,17,18)/t8-,9-,10-,11-,13-/m1/s1. The van der Waals surface area contributed by atoms with Crippen LogP contribution in [0.1, 0.15) is 40.5 Å². The molecule has 0 bridgehead atoms. The van der Waals surface area contributed by atoms with E-state index in [9.17, 15) is 19.7 Å². The van der Waals surface area contributed by atoms with Gasteiger partial charge in [-0.1, -0.05) is 6.92 Å². The van der Waals surface area contributed by atoms with E-state index in [1.807, 2.05) is 0 Å². The first-order chi connectivity index (χ1) is 9.87. The average molecular weight is 338 g/mol. The Bertz CT molecular complexity index is 429. The maximum Gasteiger partial charge on any atom is 0.359 e. The topological polar surface area (TPSA) is 105 Å². The molecule has 0 amide bonds. The van der Waals surface area contributed by atoms with Gasteiger partial charge in [0.25, 0.3) is 0 Å². The molecular weight excluding hydrogens is 310 g/mol. The molecule has 0 spiro atoms. The molecule has 1 aliphatic heterocycles. The van der Waals surface area contributed by atoms with Crippen LogP contribution in [0.5, 0.6) is 0 Å². The molecule has 3 N–H and O–H groups in total. The van der Waals surface area contributed by atoms with Gasteiger partial charge in [-0.25, -0.2) is 0 Å². The first kappa shape index (κ1) is 20.1. The molecule has 0 saturated carbocycles. The predicted molar refractivity (Wildman–Crippen MR) is 84.5 cm³/mol. The molecule has 6 atom stereocenters. The first-order valence-corrected chi connectivity index (χ1v) is 9.07. The third kappa shape index (κ3) is 4.32. The van der Waals surface area contributed by atoms with Crippen molar-refractivity contribution < 1.29 is 33.7 Å². The molecule has 0 aliphatic carbocycles. The zero-order valence-corrected chi connectivity index (χ0v) is 15.0. The van der Waals surface area contributed by atoms with Gasteiger partial charge in [0, 0.05) is 13.5 Å². The van der Waals surface area contributed by atoms with E-state index in [1.165, 1.54) is 14.0 Å². The van der Waals surface area contributed by atoms with Crippen LogP contribution in [0.3, 0.4) is 0 Å². The van der Waals surface area contributed by atoms with Crippen LogP contribution in [0.2, 0.25) is 0 Å². The van der Waals surface area contributed by atoms with Gasteiger partial charge in [-0.15, -0.1) is 0 Å². The molecule has 22 heavy (non-hydrogen) atoms. The van der Waals surface area contributed by atoms with E-state index in [-0.39, 0.29) is 18.8 Å². The SMILES string of the molecule is B[C@@H]1O[C@H](CC(C)(C)OP(=O)(O)[C@@](C)(O)CC)[C@@H](O)[C@H]1OC. The summed E-state index contributed by atoms with van der Waals surface area (Å²) in [6.07, 6.45) is -1.57. The summed E-state index contributed by atoms with van der Waals surface area (Å²) in [5.41, 5.74) is -1.06. The maximum absolute atomic E-state index is 12.3. The molecule has 0 radical (unpaired) electrons. The van der Waals surface area contributed by atoms with E-state index in [0.29, 0.717) is 0 Å². The fourth-order valence-corrected chi connectivity index (χ4v) is 3.92. The molecule has 1 fully saturated rings. The minimum absolute atomic E-state index is 0.0855. The Morgan fingerprint density at radius 3 is 2.32 bits per heavy atom. The summed E-state index contributed by atoms with van der Waals surface area (Å²) in [7, 11) is -0.950. The monoisotopic (exact) mass is 338 g/mol. The van der Waals surface area contributed by atoms with E-state index in [2.05, 4.69) is 0 Å². The van der Waals surface area contributed by atoms with E-state index >= 15 is 0 Å². The van der Waals surface area contributed by atoms with Crippen molar-refractivity contribution in [3.8, 4) is 0 Å². The lowest BCUT2D eigenvalue weighted by Gasteiger charge is -2.35. The zero-order valence-electron chi connectivity index (χ0n) is 14.1. The van der Waals surface area contributed by atoms with Crippen molar-refractivity contribution in [2.24, 2.45) is 0 Å². The van der Waals surface area contributed by atoms with Gasteiger partial charge in [-0.2, -0.15) is 0 Å². The molecule has 7 nitrogen and oxygen atoms in total. The lowest BCUT2D eigenvalue weighted by molar-refractivity contribution is -0.0377. The van der Waals surface area contributed by atoms with Gasteiger partial charge in [-0.05, 0) is 27.2 Å². The number of hydrogen-bond donors (Lipinski definition) is 3. The van der Waals surface area contributed by atoms with Gasteiger partial charge in [0.2, 0.25) is 0 Å². The Balaban J connectivity index is 2.78. The van der Waals surface area contributed by atoms with E-state index in [1.54, 1.807) is 28.6 Å². The van der Waals surface area contributed by atoms with Crippen LogP contribution in [-0.2, 0) is 18.6 Å². The molecule has 1 heterocycles. The van der Waals surface area contributed by atoms with Crippen LogP contribution in [0, 0.1) is 0 Å². The lowest BCUT2D eigenvalue weighted by atomic mass is 9.91. The number of aliphatic hydroxyl groups is 2. The van der Waals surface area contributed by atoms with Crippen molar-refractivity contribution in [2.45, 2.75) is 75.8 Å². The van der Waals surface area contributed by atoms with E-state index in [0.717, 1.165) is 0 Å². The Kier molecular flexibility index (Phi) is 6.30. The Morgan fingerprint density at radius 1 is 1.36 bits per heavy atom. The van der Waals surface area contributed by atoms with Crippen LogP contribution >= 0.6 is 7.60 Å². The molecule has 9 heteroatoms. The van der Waals surface area contributed by atoms with Crippen molar-refractivity contribution in [3.63, 3.8) is 0 Å². The highest BCUT2D eigenvalue weighted by molar-refractivity contribution is 7.54. The molecular formula is C13H28BO7P. The molecule has 0 aromatic heterocycles. The third-order valence-electron chi connectivity index (χ3n) is 4.18. The average Bonchev–Trinajstić information content (AvgIpc) is 2.61. The molecule has 130 valence electrons. The number of rotatable bonds is 7. The molecule has 1 rings (SSSR count). The van der Waals surface area contributed by atoms with E-state index < -0.39 is 36.9 Å². The van der Waals surface area contributed by atoms with Gasteiger partial charge in [0.15, 0.2) is 5.34 Å². The molecule has 1 aliphatic rings. The van der Waals surface area contributed by atoms with Crippen molar-refractivity contribution in [2.75, 3.05) is 7.11 Å². The van der Waals surface area contributed by atoms with Gasteiger partial charge in [-0.3, -0.25) is 4.57 Å². The summed E-state index contributed by atoms with van der Waals surface area (Å²) in [5, 5.41) is 18.4. The predicted octanol–water partition coefficient (Wildman–Crippen LogP) is 0.209. The fourth-order valence-electron chi connectivity index (χ4n) is 2.58. The highest BCUT2D eigenvalue weighted by Crippen LogP contribution is 2.58. The first-order valence-electron chi connectivity index (χ1n) is 7.49. The molecule has 1 saturated heterocycles. The van der Waals surface area contributed by atoms with Gasteiger partial charge in [0.1, 0.15) is 20.1 Å². The van der Waals surface area contributed by atoms with Crippen molar-refractivity contribution in [3.05, 3.63) is 0 Å². The summed E-state index contributed by atoms with van der Waals surface area (Å²) >= 11 is 0. The minimum Gasteiger partial charge on any atom is -0.388 e. The Labute approximate surface area is 132 Å². The number of ether oxygens (including phenoxy) is 2. The van der Waals surface area contributed by atoms with Crippen molar-refractivity contribution in [1.29, 1.82) is 0 Å². The second-order valence-corrected chi connectivity index (χ2v) is 8.90. The Morgan fingerprint density at radius 2 is 1.91 bits per heavy atom. The summed E-state index contributed by atoms with van der Waals surface area (Å²) in [5.74, 6) is 0. The summed E-state index contributed by atoms with van der Waals surface area (Å²) in [6, 6.07) is -0.277. The van der Waals surface area contributed by atoms with Crippen molar-refractivity contribution in [1.82, 2.24) is 0 Å². The Hall–Kier alpha value is 0.0549. The quantitative estimate of drug-likeness (QED) is 0.450. The highest BCUT2D eigenvalue weighted by Gasteiger charge is 2.48. The minimum atomic E-state index is -4.24. The van der Waals surface area contributed by atoms with Crippen LogP contribution in [0.4, 0.5) is 0 Å². The smallest absolute Gasteiger partial charge is 0.359 e. The van der Waals surface area contributed by atoms with Gasteiger partial charge >= 0.3 is 7.60 Å². The van der Waals surface area contributed by atoms with Crippen LogP contribution < -0.4 is 0 Å². The zero-order chi connectivity index (χ0) is 17.3. The molecule has 0 aromatic rings. The molecule has 0 aromatic carbocycles. The summed E-state index contributed by atoms with van der Waals surface area (Å²) in [4.78, 5) is 10.0. The lowest BCUT2D eigenvalue weighted by Crippen LogP contribution is -2.39. The summed E-state index contributed by atoms with van der Waals surface area (Å²) in [6.45, 7) is 6.13. The van der Waals surface area contributed by atoms with Gasteiger partial charge < -0.3 is 29.1 Å². The number of hydrogen-bond acceptors (Lipinski definition) is 6. The normalized spacial score (nSPS) is 35.1. The highest BCUT2D eigenvalue weighted by atomic mass is 31.2.